The van der Waals surface area contributed by atoms with E-state index in [1.54, 1.807) is 0 Å². The van der Waals surface area contributed by atoms with E-state index in [9.17, 15) is 0 Å². The number of hydrogen-bond acceptors (Lipinski definition) is 2. The van der Waals surface area contributed by atoms with Gasteiger partial charge in [-0.25, -0.2) is 4.98 Å². The molecule has 4 heteroatoms. The monoisotopic (exact) mass is 266 g/mol. The van der Waals surface area contributed by atoms with Crippen LogP contribution < -0.4 is 4.74 Å². The molecular formula is C14H19ClN2O. The topological polar surface area (TPSA) is 27.1 Å². The van der Waals surface area contributed by atoms with E-state index in [4.69, 9.17) is 16.3 Å². The summed E-state index contributed by atoms with van der Waals surface area (Å²) in [6.07, 6.45) is 1.06. The number of nitrogens with zero attached hydrogens (tertiary/aromatic N) is 2. The lowest BCUT2D eigenvalue weighted by atomic mass is 10.3. The van der Waals surface area contributed by atoms with Gasteiger partial charge in [0.1, 0.15) is 17.1 Å². The summed E-state index contributed by atoms with van der Waals surface area (Å²) in [6, 6.07) is 6.03. The first-order chi connectivity index (χ1) is 8.69. The molecule has 0 aliphatic carbocycles. The molecule has 1 aromatic carbocycles. The van der Waals surface area contributed by atoms with E-state index in [0.717, 1.165) is 35.6 Å². The van der Waals surface area contributed by atoms with E-state index in [1.165, 1.54) is 0 Å². The molecule has 0 saturated heterocycles. The fraction of sp³-hybridized carbons (Fsp3) is 0.500. The highest BCUT2D eigenvalue weighted by molar-refractivity contribution is 6.20. The maximum atomic E-state index is 6.22. The van der Waals surface area contributed by atoms with Gasteiger partial charge in [-0.05, 0) is 32.4 Å². The molecule has 0 amide bonds. The molecule has 0 radical (unpaired) electrons. The highest BCUT2D eigenvalue weighted by Gasteiger charge is 2.16. The molecule has 98 valence electrons. The van der Waals surface area contributed by atoms with E-state index in [-0.39, 0.29) is 5.38 Å². The predicted molar refractivity (Wildman–Crippen MR) is 75.5 cm³/mol. The molecule has 1 unspecified atom stereocenters. The van der Waals surface area contributed by atoms with Crippen LogP contribution in [-0.2, 0) is 6.54 Å². The molecule has 18 heavy (non-hydrogen) atoms. The van der Waals surface area contributed by atoms with Gasteiger partial charge in [0.05, 0.1) is 17.5 Å². The van der Waals surface area contributed by atoms with Gasteiger partial charge in [-0.2, -0.15) is 0 Å². The third-order valence-electron chi connectivity index (χ3n) is 2.87. The van der Waals surface area contributed by atoms with Crippen molar-refractivity contribution in [1.29, 1.82) is 0 Å². The average molecular weight is 267 g/mol. The van der Waals surface area contributed by atoms with Gasteiger partial charge in [-0.1, -0.05) is 13.0 Å². The van der Waals surface area contributed by atoms with Gasteiger partial charge in [0, 0.05) is 6.54 Å². The third-order valence-corrected chi connectivity index (χ3v) is 3.07. The minimum atomic E-state index is -0.0987. The maximum absolute atomic E-state index is 6.22. The van der Waals surface area contributed by atoms with Crippen molar-refractivity contribution in [3.63, 3.8) is 0 Å². The molecule has 1 heterocycles. The van der Waals surface area contributed by atoms with Crippen LogP contribution in [0.3, 0.4) is 0 Å². The molecule has 0 saturated carbocycles. The standard InChI is InChI=1S/C14H19ClN2O/c1-4-9-17-11-7-6-8-12(18-5-2)13(11)16-14(17)10(3)15/h6-8,10H,4-5,9H2,1-3H3. The lowest BCUT2D eigenvalue weighted by molar-refractivity contribution is 0.343. The van der Waals surface area contributed by atoms with Gasteiger partial charge in [0.15, 0.2) is 0 Å². The second kappa shape index (κ2) is 5.61. The summed E-state index contributed by atoms with van der Waals surface area (Å²) in [6.45, 7) is 7.66. The van der Waals surface area contributed by atoms with Crippen molar-refractivity contribution in [2.24, 2.45) is 0 Å². The number of ether oxygens (including phenoxy) is 1. The Morgan fingerprint density at radius 2 is 2.17 bits per heavy atom. The molecule has 1 aromatic heterocycles. The molecule has 0 spiro atoms. The molecule has 1 atom stereocenters. The minimum absolute atomic E-state index is 0.0987. The minimum Gasteiger partial charge on any atom is -0.492 e. The predicted octanol–water partition coefficient (Wildman–Crippen LogP) is 4.14. The van der Waals surface area contributed by atoms with E-state index >= 15 is 0 Å². The Hall–Kier alpha value is -1.22. The second-order valence-electron chi connectivity index (χ2n) is 4.29. The molecule has 0 fully saturated rings. The van der Waals surface area contributed by atoms with Gasteiger partial charge >= 0.3 is 0 Å². The average Bonchev–Trinajstić information content (AvgIpc) is 2.71. The van der Waals surface area contributed by atoms with Crippen molar-refractivity contribution < 1.29 is 4.74 Å². The van der Waals surface area contributed by atoms with Gasteiger partial charge in [0.25, 0.3) is 0 Å². The number of benzene rings is 1. The Bertz CT molecular complexity index is 534. The van der Waals surface area contributed by atoms with E-state index in [1.807, 2.05) is 26.0 Å². The van der Waals surface area contributed by atoms with Crippen LogP contribution >= 0.6 is 11.6 Å². The fourth-order valence-electron chi connectivity index (χ4n) is 2.17. The Kier molecular flexibility index (Phi) is 4.12. The Morgan fingerprint density at radius 1 is 1.39 bits per heavy atom. The van der Waals surface area contributed by atoms with Crippen molar-refractivity contribution in [2.45, 2.75) is 39.1 Å². The summed E-state index contributed by atoms with van der Waals surface area (Å²) in [5.41, 5.74) is 2.01. The molecule has 0 aliphatic heterocycles. The molecule has 0 aliphatic rings. The smallest absolute Gasteiger partial charge is 0.147 e. The van der Waals surface area contributed by atoms with E-state index in [0.29, 0.717) is 6.61 Å². The van der Waals surface area contributed by atoms with Crippen LogP contribution in [0.5, 0.6) is 5.75 Å². The van der Waals surface area contributed by atoms with Crippen LogP contribution in [0, 0.1) is 0 Å². The van der Waals surface area contributed by atoms with Crippen LogP contribution in [0.2, 0.25) is 0 Å². The van der Waals surface area contributed by atoms with Crippen LogP contribution in [0.4, 0.5) is 0 Å². The van der Waals surface area contributed by atoms with Gasteiger partial charge in [-0.3, -0.25) is 0 Å². The van der Waals surface area contributed by atoms with Crippen molar-refractivity contribution in [3.05, 3.63) is 24.0 Å². The zero-order valence-corrected chi connectivity index (χ0v) is 11.9. The zero-order valence-electron chi connectivity index (χ0n) is 11.1. The molecule has 0 bridgehead atoms. The SMILES string of the molecule is CCCn1c(C(C)Cl)nc2c(OCC)cccc21. The number of fused-ring (bicyclic) bond motifs is 1. The third kappa shape index (κ3) is 2.32. The molecule has 2 rings (SSSR count). The van der Waals surface area contributed by atoms with Crippen molar-refractivity contribution in [2.75, 3.05) is 6.61 Å². The van der Waals surface area contributed by atoms with Crippen LogP contribution in [0.25, 0.3) is 11.0 Å². The quantitative estimate of drug-likeness (QED) is 0.761. The summed E-state index contributed by atoms with van der Waals surface area (Å²) in [5, 5.41) is -0.0987. The Balaban J connectivity index is 2.63. The summed E-state index contributed by atoms with van der Waals surface area (Å²) in [5.74, 6) is 1.75. The first-order valence-electron chi connectivity index (χ1n) is 6.45. The number of hydrogen-bond donors (Lipinski definition) is 0. The zero-order chi connectivity index (χ0) is 13.1. The number of aromatic nitrogens is 2. The van der Waals surface area contributed by atoms with Crippen LogP contribution in [0.1, 0.15) is 38.4 Å². The Labute approximate surface area is 113 Å². The van der Waals surface area contributed by atoms with Gasteiger partial charge in [-0.15, -0.1) is 11.6 Å². The number of rotatable bonds is 5. The highest BCUT2D eigenvalue weighted by Crippen LogP contribution is 2.30. The van der Waals surface area contributed by atoms with Gasteiger partial charge in [0.2, 0.25) is 0 Å². The normalized spacial score (nSPS) is 12.9. The summed E-state index contributed by atoms with van der Waals surface area (Å²) in [4.78, 5) is 4.66. The second-order valence-corrected chi connectivity index (χ2v) is 4.95. The van der Waals surface area contributed by atoms with E-state index < -0.39 is 0 Å². The van der Waals surface area contributed by atoms with Crippen LogP contribution in [-0.4, -0.2) is 16.2 Å². The number of imidazole rings is 1. The molecule has 2 aromatic rings. The molecule has 0 N–H and O–H groups in total. The molecule has 3 nitrogen and oxygen atoms in total. The van der Waals surface area contributed by atoms with E-state index in [2.05, 4.69) is 22.5 Å². The number of para-hydroxylation sites is 1. The lowest BCUT2D eigenvalue weighted by Gasteiger charge is -2.08. The van der Waals surface area contributed by atoms with Crippen molar-refractivity contribution >= 4 is 22.6 Å². The Morgan fingerprint density at radius 3 is 2.78 bits per heavy atom. The fourth-order valence-corrected chi connectivity index (χ4v) is 2.34. The van der Waals surface area contributed by atoms with Crippen LogP contribution in [0.15, 0.2) is 18.2 Å². The van der Waals surface area contributed by atoms with Crippen molar-refractivity contribution in [1.82, 2.24) is 9.55 Å². The largest absolute Gasteiger partial charge is 0.492 e. The number of aryl methyl sites for hydroxylation is 1. The summed E-state index contributed by atoms with van der Waals surface area (Å²) in [7, 11) is 0. The summed E-state index contributed by atoms with van der Waals surface area (Å²) >= 11 is 6.22. The first kappa shape index (κ1) is 13.2. The van der Waals surface area contributed by atoms with Gasteiger partial charge < -0.3 is 9.30 Å². The number of alkyl halides is 1. The van der Waals surface area contributed by atoms with Crippen molar-refractivity contribution in [3.8, 4) is 5.75 Å². The first-order valence-corrected chi connectivity index (χ1v) is 6.88. The molecular weight excluding hydrogens is 248 g/mol. The summed E-state index contributed by atoms with van der Waals surface area (Å²) < 4.78 is 7.82. The lowest BCUT2D eigenvalue weighted by Crippen LogP contribution is -2.03. The maximum Gasteiger partial charge on any atom is 0.147 e. The highest BCUT2D eigenvalue weighted by atomic mass is 35.5. The number of halogens is 1.